The molecule has 0 spiro atoms. The molecule has 1 aromatic carbocycles. The molecule has 2 aromatic heterocycles. The second-order valence-electron chi connectivity index (χ2n) is 7.78. The van der Waals surface area contributed by atoms with Crippen molar-refractivity contribution in [2.24, 2.45) is 4.99 Å². The number of rotatable bonds is 5. The van der Waals surface area contributed by atoms with E-state index in [9.17, 15) is 0 Å². The largest absolute Gasteiger partial charge is 0.372 e. The normalized spacial score (nSPS) is 15.7. The van der Waals surface area contributed by atoms with Crippen LogP contribution < -0.4 is 15.5 Å². The fourth-order valence-electron chi connectivity index (χ4n) is 3.84. The van der Waals surface area contributed by atoms with Gasteiger partial charge in [-0.2, -0.15) is 0 Å². The Morgan fingerprint density at radius 2 is 2.03 bits per heavy atom. The fourth-order valence-corrected chi connectivity index (χ4v) is 3.84. The van der Waals surface area contributed by atoms with Crippen LogP contribution in [0.3, 0.4) is 0 Å². The Balaban J connectivity index is 1.38. The van der Waals surface area contributed by atoms with Crippen LogP contribution in [0.1, 0.15) is 42.6 Å². The third-order valence-corrected chi connectivity index (χ3v) is 5.52. The molecular weight excluding hydrogens is 360 g/mol. The summed E-state index contributed by atoms with van der Waals surface area (Å²) in [5.74, 6) is 0.775. The highest BCUT2D eigenvalue weighted by molar-refractivity contribution is 5.80. The number of pyridine rings is 1. The van der Waals surface area contributed by atoms with Crippen LogP contribution in [0.2, 0.25) is 0 Å². The van der Waals surface area contributed by atoms with Crippen molar-refractivity contribution < 1.29 is 0 Å². The van der Waals surface area contributed by atoms with Gasteiger partial charge in [0.05, 0.1) is 18.3 Å². The number of aryl methyl sites for hydroxylation is 1. The third-order valence-electron chi connectivity index (χ3n) is 5.52. The molecule has 1 atom stereocenters. The molecule has 1 saturated heterocycles. The molecule has 1 aliphatic heterocycles. The molecule has 3 heterocycles. The van der Waals surface area contributed by atoms with E-state index in [1.165, 1.54) is 29.7 Å². The number of aliphatic imine (C=N–C) groups is 1. The molecule has 0 aliphatic carbocycles. The molecule has 1 fully saturated rings. The van der Waals surface area contributed by atoms with Crippen molar-refractivity contribution in [2.75, 3.05) is 25.0 Å². The van der Waals surface area contributed by atoms with Gasteiger partial charge >= 0.3 is 0 Å². The second kappa shape index (κ2) is 8.55. The molecule has 0 saturated carbocycles. The van der Waals surface area contributed by atoms with Gasteiger partial charge < -0.3 is 19.9 Å². The van der Waals surface area contributed by atoms with Crippen molar-refractivity contribution in [2.45, 2.75) is 39.3 Å². The van der Waals surface area contributed by atoms with Crippen LogP contribution in [0.15, 0.2) is 53.8 Å². The number of nitrogens with zero attached hydrogens (tertiary/aromatic N) is 4. The predicted octanol–water partition coefficient (Wildman–Crippen LogP) is 3.67. The zero-order valence-electron chi connectivity index (χ0n) is 17.5. The van der Waals surface area contributed by atoms with E-state index in [1.54, 1.807) is 7.05 Å². The first-order chi connectivity index (χ1) is 14.1. The lowest BCUT2D eigenvalue weighted by Crippen LogP contribution is -2.38. The highest BCUT2D eigenvalue weighted by Crippen LogP contribution is 2.24. The molecule has 3 aromatic rings. The van der Waals surface area contributed by atoms with Gasteiger partial charge in [0, 0.05) is 38.2 Å². The number of nitrogens with one attached hydrogen (secondary N) is 2. The summed E-state index contributed by atoms with van der Waals surface area (Å²) in [5.41, 5.74) is 5.75. The molecule has 152 valence electrons. The summed E-state index contributed by atoms with van der Waals surface area (Å²) >= 11 is 0. The minimum atomic E-state index is 0.160. The number of hydrogen-bond acceptors (Lipinski definition) is 3. The number of hydrogen-bond donors (Lipinski definition) is 2. The molecular formula is C23H30N6. The molecule has 6 nitrogen and oxygen atoms in total. The summed E-state index contributed by atoms with van der Waals surface area (Å²) in [6.07, 6.45) is 6.68. The van der Waals surface area contributed by atoms with E-state index < -0.39 is 0 Å². The molecule has 0 bridgehead atoms. The Labute approximate surface area is 172 Å². The number of benzene rings is 1. The molecule has 2 N–H and O–H groups in total. The zero-order chi connectivity index (χ0) is 20.2. The molecule has 4 rings (SSSR count). The van der Waals surface area contributed by atoms with Gasteiger partial charge in [0.1, 0.15) is 5.65 Å². The van der Waals surface area contributed by atoms with Crippen molar-refractivity contribution in [3.05, 3.63) is 65.6 Å². The average Bonchev–Trinajstić information content (AvgIpc) is 3.40. The van der Waals surface area contributed by atoms with Crippen molar-refractivity contribution in [3.63, 3.8) is 0 Å². The van der Waals surface area contributed by atoms with Crippen LogP contribution in [-0.2, 0) is 6.54 Å². The number of fused-ring (bicyclic) bond motifs is 1. The van der Waals surface area contributed by atoms with Crippen LogP contribution in [0.5, 0.6) is 0 Å². The highest BCUT2D eigenvalue weighted by atomic mass is 15.2. The van der Waals surface area contributed by atoms with Gasteiger partial charge in [0.15, 0.2) is 5.96 Å². The zero-order valence-corrected chi connectivity index (χ0v) is 17.5. The van der Waals surface area contributed by atoms with Crippen LogP contribution in [-0.4, -0.2) is 35.5 Å². The van der Waals surface area contributed by atoms with Gasteiger partial charge in [-0.25, -0.2) is 4.98 Å². The Hall–Kier alpha value is -3.02. The number of anilines is 1. The van der Waals surface area contributed by atoms with Crippen molar-refractivity contribution in [3.8, 4) is 0 Å². The number of guanidine groups is 1. The predicted molar refractivity (Wildman–Crippen MR) is 120 cm³/mol. The monoisotopic (exact) mass is 390 g/mol. The first-order valence-electron chi connectivity index (χ1n) is 10.4. The quantitative estimate of drug-likeness (QED) is 0.516. The Kier molecular flexibility index (Phi) is 5.69. The summed E-state index contributed by atoms with van der Waals surface area (Å²) in [6.45, 7) is 7.20. The molecule has 1 aliphatic rings. The van der Waals surface area contributed by atoms with Crippen LogP contribution >= 0.6 is 0 Å². The van der Waals surface area contributed by atoms with Gasteiger partial charge in [-0.1, -0.05) is 12.1 Å². The van der Waals surface area contributed by atoms with Crippen LogP contribution in [0.4, 0.5) is 5.69 Å². The molecule has 29 heavy (non-hydrogen) atoms. The SMILES string of the molecule is CN=C(NCc1cn2ccc(C)cc2n1)NC(C)c1cccc(N2CCCC2)c1. The summed E-state index contributed by atoms with van der Waals surface area (Å²) in [5, 5.41) is 6.88. The van der Waals surface area contributed by atoms with E-state index in [2.05, 4.69) is 82.0 Å². The average molecular weight is 391 g/mol. The molecule has 0 amide bonds. The summed E-state index contributed by atoms with van der Waals surface area (Å²) in [7, 11) is 1.80. The van der Waals surface area contributed by atoms with Gasteiger partial charge in [0.2, 0.25) is 0 Å². The topological polar surface area (TPSA) is 57.0 Å². The van der Waals surface area contributed by atoms with Gasteiger partial charge in [-0.3, -0.25) is 4.99 Å². The fraction of sp³-hybridized carbons (Fsp3) is 0.391. The van der Waals surface area contributed by atoms with E-state index >= 15 is 0 Å². The smallest absolute Gasteiger partial charge is 0.191 e. The minimum Gasteiger partial charge on any atom is -0.372 e. The first kappa shape index (κ1) is 19.3. The van der Waals surface area contributed by atoms with Crippen LogP contribution in [0.25, 0.3) is 5.65 Å². The van der Waals surface area contributed by atoms with Gasteiger partial charge in [0.25, 0.3) is 0 Å². The first-order valence-corrected chi connectivity index (χ1v) is 10.4. The number of imidazole rings is 1. The lowest BCUT2D eigenvalue weighted by atomic mass is 10.1. The van der Waals surface area contributed by atoms with E-state index in [0.29, 0.717) is 6.54 Å². The Morgan fingerprint density at radius 3 is 2.83 bits per heavy atom. The summed E-state index contributed by atoms with van der Waals surface area (Å²) in [6, 6.07) is 13.2. The maximum atomic E-state index is 4.68. The maximum Gasteiger partial charge on any atom is 0.191 e. The number of aromatic nitrogens is 2. The Bertz CT molecular complexity index is 1000. The van der Waals surface area contributed by atoms with Crippen molar-refractivity contribution in [1.29, 1.82) is 0 Å². The lowest BCUT2D eigenvalue weighted by molar-refractivity contribution is 0.683. The maximum absolute atomic E-state index is 4.68. The van der Waals surface area contributed by atoms with Gasteiger partial charge in [-0.05, 0) is 62.1 Å². The van der Waals surface area contributed by atoms with E-state index in [4.69, 9.17) is 0 Å². The van der Waals surface area contributed by atoms with E-state index in [0.717, 1.165) is 30.4 Å². The van der Waals surface area contributed by atoms with Crippen LogP contribution in [0, 0.1) is 6.92 Å². The van der Waals surface area contributed by atoms with E-state index in [1.807, 2.05) is 10.6 Å². The minimum absolute atomic E-state index is 0.160. The summed E-state index contributed by atoms with van der Waals surface area (Å²) in [4.78, 5) is 11.5. The Morgan fingerprint density at radius 1 is 1.21 bits per heavy atom. The second-order valence-corrected chi connectivity index (χ2v) is 7.78. The van der Waals surface area contributed by atoms with Gasteiger partial charge in [-0.15, -0.1) is 0 Å². The highest BCUT2D eigenvalue weighted by Gasteiger charge is 2.14. The molecule has 0 radical (unpaired) electrons. The van der Waals surface area contributed by atoms with E-state index in [-0.39, 0.29) is 6.04 Å². The van der Waals surface area contributed by atoms with Crippen molar-refractivity contribution in [1.82, 2.24) is 20.0 Å². The summed E-state index contributed by atoms with van der Waals surface area (Å²) < 4.78 is 2.05. The molecule has 1 unspecified atom stereocenters. The molecule has 6 heteroatoms. The third kappa shape index (κ3) is 4.53. The lowest BCUT2D eigenvalue weighted by Gasteiger charge is -2.22. The standard InChI is InChI=1S/C23H30N6/c1-17-9-12-29-16-20(27-22(29)13-17)15-25-23(24-3)26-18(2)19-7-6-8-21(14-19)28-10-4-5-11-28/h6-9,12-14,16,18H,4-5,10-11,15H2,1-3H3,(H2,24,25,26). The van der Waals surface area contributed by atoms with Crippen molar-refractivity contribution >= 4 is 17.3 Å².